The van der Waals surface area contributed by atoms with Crippen LogP contribution in [-0.2, 0) is 12.8 Å². The summed E-state index contributed by atoms with van der Waals surface area (Å²) in [4.78, 5) is 2.51. The number of nitrogens with one attached hydrogen (secondary N) is 1. The van der Waals surface area contributed by atoms with Crippen LogP contribution >= 0.6 is 78.3 Å². The molecule has 0 saturated carbocycles. The van der Waals surface area contributed by atoms with Gasteiger partial charge in [-0.1, -0.05) is 141 Å². The minimum atomic E-state index is 0.821. The summed E-state index contributed by atoms with van der Waals surface area (Å²) >= 11 is 20.2. The lowest BCUT2D eigenvalue weighted by atomic mass is 10.0. The van der Waals surface area contributed by atoms with Crippen molar-refractivity contribution in [2.45, 2.75) is 155 Å². The molecule has 0 radical (unpaired) electrons. The number of nitrogens with zero attached hydrogens (tertiary/aromatic N) is 1. The second kappa shape index (κ2) is 21.8. The Bertz CT molecular complexity index is 1290. The molecule has 0 saturated heterocycles. The Labute approximate surface area is 314 Å². The summed E-state index contributed by atoms with van der Waals surface area (Å²) in [5, 5.41) is 0.821. The number of halogens is 3. The zero-order valence-corrected chi connectivity index (χ0v) is 34.5. The zero-order valence-electron chi connectivity index (χ0n) is 28.2. The van der Waals surface area contributed by atoms with Gasteiger partial charge in [0.05, 0.1) is 41.0 Å². The van der Waals surface area contributed by atoms with Gasteiger partial charge in [-0.3, -0.25) is 4.31 Å². The molecule has 2 nitrogen and oxygen atoms in total. The molecule has 0 aromatic carbocycles. The van der Waals surface area contributed by atoms with E-state index in [-0.39, 0.29) is 0 Å². The summed E-state index contributed by atoms with van der Waals surface area (Å²) in [5.74, 6) is 0. The second-order valence-corrected chi connectivity index (χ2v) is 18.9. The molecule has 46 heavy (non-hydrogen) atoms. The van der Waals surface area contributed by atoms with Crippen molar-refractivity contribution in [3.8, 4) is 0 Å². The highest BCUT2D eigenvalue weighted by Gasteiger charge is 2.33. The number of rotatable bonds is 24. The van der Waals surface area contributed by atoms with E-state index in [4.69, 9.17) is 11.6 Å². The van der Waals surface area contributed by atoms with Crippen LogP contribution in [0.2, 0.25) is 0 Å². The Morgan fingerprint density at radius 3 is 1.54 bits per heavy atom. The van der Waals surface area contributed by atoms with Gasteiger partial charge in [-0.25, -0.2) is 0 Å². The quantitative estimate of drug-likeness (QED) is 0.0838. The number of unbranched alkanes of at least 4 members (excludes halogenated alkanes) is 18. The lowest BCUT2D eigenvalue weighted by molar-refractivity contribution is 0.556. The van der Waals surface area contributed by atoms with Crippen LogP contribution < -0.4 is 4.72 Å². The molecular weight excluding hydrogens is 776 g/mol. The van der Waals surface area contributed by atoms with Gasteiger partial charge in [0, 0.05) is 16.7 Å². The number of fused-ring (bicyclic) bond motifs is 1. The normalized spacial score (nSPS) is 14.6. The van der Waals surface area contributed by atoms with E-state index in [0.29, 0.717) is 0 Å². The summed E-state index contributed by atoms with van der Waals surface area (Å²) in [6.45, 7) is 4.58. The highest BCUT2D eigenvalue weighted by molar-refractivity contribution is 9.11. The van der Waals surface area contributed by atoms with Crippen molar-refractivity contribution in [1.29, 1.82) is 0 Å². The molecule has 2 aromatic heterocycles. The number of aryl methyl sites for hydroxylation is 2. The molecule has 256 valence electrons. The van der Waals surface area contributed by atoms with Crippen LogP contribution in [-0.4, -0.2) is 4.31 Å². The van der Waals surface area contributed by atoms with Gasteiger partial charge < -0.3 is 4.72 Å². The summed E-state index contributed by atoms with van der Waals surface area (Å²) in [7, 11) is 0. The maximum absolute atomic E-state index is 7.11. The maximum atomic E-state index is 7.11. The standard InChI is InChI=1S/C38H55Br2ClN2S3/c1-3-5-7-9-11-13-15-17-19-21-23-29-25-34(44-37(29)39)32-27-31(41)36(33-28-42-46-43(32)33)35-26-30(38(40)45-35)24-22-20-18-16-14-12-10-8-6-4-2/h25-28,42H,3-24H2,1-2H3. The fraction of sp³-hybridized carbons (Fsp3) is 0.632. The van der Waals surface area contributed by atoms with Gasteiger partial charge in [0.25, 0.3) is 0 Å². The van der Waals surface area contributed by atoms with Crippen LogP contribution in [0.15, 0.2) is 42.7 Å². The summed E-state index contributed by atoms with van der Waals surface area (Å²) in [6.07, 6.45) is 33.9. The molecule has 4 heterocycles. The molecule has 0 atom stereocenters. The van der Waals surface area contributed by atoms with E-state index >= 15 is 0 Å². The Morgan fingerprint density at radius 1 is 0.609 bits per heavy atom. The first-order chi connectivity index (χ1) is 22.5. The summed E-state index contributed by atoms with van der Waals surface area (Å²) < 4.78 is 8.23. The predicted octanol–water partition coefficient (Wildman–Crippen LogP) is 15.6. The van der Waals surface area contributed by atoms with Crippen LogP contribution in [0.3, 0.4) is 0 Å². The van der Waals surface area contributed by atoms with Crippen molar-refractivity contribution in [2.75, 3.05) is 0 Å². The van der Waals surface area contributed by atoms with Crippen LogP contribution in [0, 0.1) is 0 Å². The van der Waals surface area contributed by atoms with Gasteiger partial charge in [-0.05, 0) is 86.9 Å². The molecule has 4 rings (SSSR count). The molecular formula is C38H55Br2ClN2S3. The molecule has 2 aliphatic rings. The molecule has 2 aromatic rings. The van der Waals surface area contributed by atoms with Crippen molar-refractivity contribution in [3.05, 3.63) is 63.6 Å². The molecule has 0 fully saturated rings. The second-order valence-electron chi connectivity index (χ2n) is 13.0. The fourth-order valence-electron chi connectivity index (χ4n) is 6.39. The van der Waals surface area contributed by atoms with E-state index < -0.39 is 0 Å². The number of hydrogen-bond acceptors (Lipinski definition) is 5. The Kier molecular flexibility index (Phi) is 18.3. The van der Waals surface area contributed by atoms with E-state index in [1.54, 1.807) is 12.1 Å². The van der Waals surface area contributed by atoms with E-state index in [1.165, 1.54) is 157 Å². The first-order valence-electron chi connectivity index (χ1n) is 18.1. The largest absolute Gasteiger partial charge is 0.316 e. The smallest absolute Gasteiger partial charge is 0.0809 e. The van der Waals surface area contributed by atoms with Crippen LogP contribution in [0.25, 0.3) is 11.3 Å². The summed E-state index contributed by atoms with van der Waals surface area (Å²) in [5.41, 5.74) is 6.27. The first kappa shape index (κ1) is 38.6. The Morgan fingerprint density at radius 2 is 1.04 bits per heavy atom. The van der Waals surface area contributed by atoms with E-state index in [0.717, 1.165) is 34.8 Å². The van der Waals surface area contributed by atoms with E-state index in [9.17, 15) is 0 Å². The molecule has 0 spiro atoms. The SMILES string of the molecule is CCCCCCCCCCCCc1cc(C2=CC(Cl)=C(c3cc(CCCCCCCCCCCC)c(Br)s3)C3=CNSN32)sc1Br. The lowest BCUT2D eigenvalue weighted by Gasteiger charge is -2.27. The van der Waals surface area contributed by atoms with Gasteiger partial charge in [0.15, 0.2) is 0 Å². The monoisotopic (exact) mass is 828 g/mol. The maximum Gasteiger partial charge on any atom is 0.0809 e. The zero-order chi connectivity index (χ0) is 32.6. The molecule has 0 bridgehead atoms. The van der Waals surface area contributed by atoms with Crippen LogP contribution in [0.4, 0.5) is 0 Å². The fourth-order valence-corrected chi connectivity index (χ4v) is 11.2. The minimum absolute atomic E-state index is 0.821. The average Bonchev–Trinajstić information content (AvgIpc) is 3.77. The Hall–Kier alpha value is -0.180. The topological polar surface area (TPSA) is 15.3 Å². The molecule has 2 aliphatic heterocycles. The van der Waals surface area contributed by atoms with Crippen molar-refractivity contribution in [2.24, 2.45) is 0 Å². The highest BCUT2D eigenvalue weighted by Crippen LogP contribution is 2.50. The number of thiophene rings is 2. The Balaban J connectivity index is 1.29. The van der Waals surface area contributed by atoms with Crippen molar-refractivity contribution in [1.82, 2.24) is 9.03 Å². The van der Waals surface area contributed by atoms with Crippen molar-refractivity contribution < 1.29 is 0 Å². The van der Waals surface area contributed by atoms with Crippen molar-refractivity contribution >= 4 is 89.5 Å². The number of hydrogen-bond donors (Lipinski definition) is 1. The van der Waals surface area contributed by atoms with Gasteiger partial charge in [-0.2, -0.15) is 0 Å². The first-order valence-corrected chi connectivity index (χ1v) is 22.5. The molecule has 8 heteroatoms. The van der Waals surface area contributed by atoms with Gasteiger partial charge >= 0.3 is 0 Å². The lowest BCUT2D eigenvalue weighted by Crippen LogP contribution is -2.15. The van der Waals surface area contributed by atoms with E-state index in [1.807, 2.05) is 22.7 Å². The summed E-state index contributed by atoms with van der Waals surface area (Å²) in [6, 6.07) is 4.75. The third kappa shape index (κ3) is 12.0. The van der Waals surface area contributed by atoms with Gasteiger partial charge in [-0.15, -0.1) is 22.7 Å². The average molecular weight is 831 g/mol. The van der Waals surface area contributed by atoms with Crippen LogP contribution in [0.5, 0.6) is 0 Å². The third-order valence-corrected chi connectivity index (χ3v) is 14.2. The molecule has 0 amide bonds. The third-order valence-electron chi connectivity index (χ3n) is 9.15. The number of allylic oxidation sites excluding steroid dienone is 3. The van der Waals surface area contributed by atoms with Crippen LogP contribution in [0.1, 0.15) is 163 Å². The minimum Gasteiger partial charge on any atom is -0.316 e. The molecule has 0 aliphatic carbocycles. The highest BCUT2D eigenvalue weighted by atomic mass is 79.9. The van der Waals surface area contributed by atoms with Gasteiger partial charge in [0.1, 0.15) is 0 Å². The molecule has 0 unspecified atom stereocenters. The van der Waals surface area contributed by atoms with E-state index in [2.05, 4.69) is 79.1 Å². The molecule has 1 N–H and O–H groups in total. The predicted molar refractivity (Wildman–Crippen MR) is 217 cm³/mol. The van der Waals surface area contributed by atoms with Crippen molar-refractivity contribution in [3.63, 3.8) is 0 Å². The van der Waals surface area contributed by atoms with Gasteiger partial charge in [0.2, 0.25) is 0 Å².